The Morgan fingerprint density at radius 2 is 1.69 bits per heavy atom. The number of rotatable bonds is 5. The minimum Gasteiger partial charge on any atom is -0.385 e. The Morgan fingerprint density at radius 3 is 2.00 bits per heavy atom. The third-order valence-electron chi connectivity index (χ3n) is 2.27. The Balaban J connectivity index is 4.61. The first kappa shape index (κ1) is 15.6. The number of hydrogen-bond acceptors (Lipinski definition) is 3. The highest BCUT2D eigenvalue weighted by Crippen LogP contribution is 2.19. The van der Waals surface area contributed by atoms with Crippen molar-refractivity contribution in [3.63, 3.8) is 0 Å². The summed E-state index contributed by atoms with van der Waals surface area (Å²) in [4.78, 5) is 12.2. The van der Waals surface area contributed by atoms with E-state index in [1.54, 1.807) is 7.11 Å². The molecule has 0 bridgehead atoms. The van der Waals surface area contributed by atoms with Gasteiger partial charge in [0, 0.05) is 24.7 Å². The van der Waals surface area contributed by atoms with Crippen LogP contribution in [0.15, 0.2) is 0 Å². The molecule has 0 unspecified atom stereocenters. The third kappa shape index (κ3) is 6.23. The van der Waals surface area contributed by atoms with Gasteiger partial charge in [0.15, 0.2) is 5.78 Å². The number of hydrogen-bond donors (Lipinski definition) is 1. The number of carbonyl (C=O) groups is 1. The quantitative estimate of drug-likeness (QED) is 0.786. The first-order valence-electron chi connectivity index (χ1n) is 5.89. The molecule has 0 aliphatic heterocycles. The summed E-state index contributed by atoms with van der Waals surface area (Å²) in [6.45, 7) is 12.7. The van der Waals surface area contributed by atoms with E-state index in [9.17, 15) is 4.79 Å². The second-order valence-corrected chi connectivity index (χ2v) is 6.34. The van der Waals surface area contributed by atoms with Gasteiger partial charge in [-0.25, -0.2) is 0 Å². The molecule has 1 N–H and O–H groups in total. The lowest BCUT2D eigenvalue weighted by molar-refractivity contribution is -0.129. The van der Waals surface area contributed by atoms with E-state index in [-0.39, 0.29) is 22.8 Å². The number of Topliss-reactive ketones (excluding diaryl/α,β-unsaturated/α-hetero) is 1. The van der Waals surface area contributed by atoms with Crippen molar-refractivity contribution in [2.24, 2.45) is 5.41 Å². The van der Waals surface area contributed by atoms with Crippen LogP contribution in [0.5, 0.6) is 0 Å². The summed E-state index contributed by atoms with van der Waals surface area (Å²) in [5, 5.41) is 3.37. The van der Waals surface area contributed by atoms with Crippen molar-refractivity contribution in [2.75, 3.05) is 13.7 Å². The molecular formula is C13H27NO2. The normalized spacial score (nSPS) is 14.9. The van der Waals surface area contributed by atoms with E-state index in [4.69, 9.17) is 4.74 Å². The number of carbonyl (C=O) groups excluding carboxylic acids is 1. The Morgan fingerprint density at radius 1 is 1.19 bits per heavy atom. The van der Waals surface area contributed by atoms with Gasteiger partial charge in [0.25, 0.3) is 0 Å². The minimum atomic E-state index is -0.309. The van der Waals surface area contributed by atoms with Crippen molar-refractivity contribution in [3.05, 3.63) is 0 Å². The van der Waals surface area contributed by atoms with Gasteiger partial charge in [0.2, 0.25) is 0 Å². The summed E-state index contributed by atoms with van der Waals surface area (Å²) in [6, 6.07) is -0.125. The molecule has 16 heavy (non-hydrogen) atoms. The van der Waals surface area contributed by atoms with Gasteiger partial charge < -0.3 is 10.1 Å². The molecule has 3 heteroatoms. The number of ether oxygens (including phenoxy) is 1. The molecule has 0 fully saturated rings. The Hall–Kier alpha value is -0.410. The molecule has 0 rings (SSSR count). The molecule has 0 aromatic carbocycles. The average Bonchev–Trinajstić information content (AvgIpc) is 2.07. The predicted octanol–water partition coefficient (Wildman–Crippen LogP) is 2.39. The topological polar surface area (TPSA) is 38.3 Å². The van der Waals surface area contributed by atoms with Crippen LogP contribution < -0.4 is 5.32 Å². The van der Waals surface area contributed by atoms with E-state index in [1.165, 1.54) is 0 Å². The van der Waals surface area contributed by atoms with E-state index in [0.717, 1.165) is 6.42 Å². The molecule has 3 nitrogen and oxygen atoms in total. The lowest BCUT2D eigenvalue weighted by Gasteiger charge is -2.31. The van der Waals surface area contributed by atoms with Gasteiger partial charge in [-0.2, -0.15) is 0 Å². The highest BCUT2D eigenvalue weighted by atomic mass is 16.5. The Bertz CT molecular complexity index is 223. The monoisotopic (exact) mass is 229 g/mol. The molecule has 0 aromatic heterocycles. The molecule has 0 radical (unpaired) electrons. The summed E-state index contributed by atoms with van der Waals surface area (Å²) in [5.74, 6) is 0.250. The van der Waals surface area contributed by atoms with Gasteiger partial charge in [-0.05, 0) is 27.2 Å². The largest absolute Gasteiger partial charge is 0.385 e. The second kappa shape index (κ2) is 5.78. The lowest BCUT2D eigenvalue weighted by Crippen LogP contribution is -2.51. The van der Waals surface area contributed by atoms with E-state index < -0.39 is 0 Å². The van der Waals surface area contributed by atoms with Gasteiger partial charge in [0.1, 0.15) is 0 Å². The highest BCUT2D eigenvalue weighted by molar-refractivity contribution is 5.88. The number of methoxy groups -OCH3 is 1. The highest BCUT2D eigenvalue weighted by Gasteiger charge is 2.31. The standard InChI is InChI=1S/C13H27NO2/c1-12(2,3)11(15)10(8-9-16-7)14-13(4,5)6/h10,14H,8-9H2,1-7H3/t10-/m0/s1. The number of nitrogens with one attached hydrogen (secondary N) is 1. The molecule has 0 saturated carbocycles. The van der Waals surface area contributed by atoms with Crippen LogP contribution in [-0.4, -0.2) is 31.1 Å². The fraction of sp³-hybridized carbons (Fsp3) is 0.923. The van der Waals surface area contributed by atoms with Crippen molar-refractivity contribution in [3.8, 4) is 0 Å². The zero-order valence-electron chi connectivity index (χ0n) is 11.8. The molecule has 0 aliphatic rings. The maximum atomic E-state index is 12.2. The molecule has 0 heterocycles. The summed E-state index contributed by atoms with van der Waals surface area (Å²) >= 11 is 0. The smallest absolute Gasteiger partial charge is 0.155 e. The van der Waals surface area contributed by atoms with Crippen LogP contribution in [0.25, 0.3) is 0 Å². The van der Waals surface area contributed by atoms with Crippen molar-refractivity contribution >= 4 is 5.78 Å². The Kier molecular flexibility index (Phi) is 5.63. The number of ketones is 1. The summed E-state index contributed by atoms with van der Waals surface area (Å²) in [7, 11) is 1.66. The molecule has 96 valence electrons. The van der Waals surface area contributed by atoms with Crippen molar-refractivity contribution in [1.29, 1.82) is 0 Å². The van der Waals surface area contributed by atoms with Crippen LogP contribution in [0.2, 0.25) is 0 Å². The maximum absolute atomic E-state index is 12.2. The average molecular weight is 229 g/mol. The minimum absolute atomic E-state index is 0.0562. The van der Waals surface area contributed by atoms with Crippen LogP contribution >= 0.6 is 0 Å². The van der Waals surface area contributed by atoms with Gasteiger partial charge in [-0.15, -0.1) is 0 Å². The molecule has 1 atom stereocenters. The Labute approximate surface area is 99.9 Å². The predicted molar refractivity (Wildman–Crippen MR) is 67.6 cm³/mol. The van der Waals surface area contributed by atoms with Crippen molar-refractivity contribution in [2.45, 2.75) is 59.5 Å². The van der Waals surface area contributed by atoms with Crippen LogP contribution in [0.3, 0.4) is 0 Å². The van der Waals surface area contributed by atoms with Gasteiger partial charge in [-0.3, -0.25) is 4.79 Å². The SMILES string of the molecule is COCC[C@H](NC(C)(C)C)C(=O)C(C)(C)C. The third-order valence-corrected chi connectivity index (χ3v) is 2.27. The maximum Gasteiger partial charge on any atom is 0.155 e. The lowest BCUT2D eigenvalue weighted by atomic mass is 9.84. The molecule has 0 spiro atoms. The van der Waals surface area contributed by atoms with Gasteiger partial charge in [0.05, 0.1) is 6.04 Å². The molecule has 0 saturated heterocycles. The van der Waals surface area contributed by atoms with E-state index in [2.05, 4.69) is 26.1 Å². The molecule has 0 amide bonds. The van der Waals surface area contributed by atoms with Crippen LogP contribution in [-0.2, 0) is 9.53 Å². The van der Waals surface area contributed by atoms with Crippen molar-refractivity contribution < 1.29 is 9.53 Å². The van der Waals surface area contributed by atoms with Gasteiger partial charge in [-0.1, -0.05) is 20.8 Å². The first-order chi connectivity index (χ1) is 7.08. The summed E-state index contributed by atoms with van der Waals surface area (Å²) < 4.78 is 5.06. The van der Waals surface area contributed by atoms with E-state index in [1.807, 2.05) is 20.8 Å². The van der Waals surface area contributed by atoms with E-state index >= 15 is 0 Å². The zero-order chi connectivity index (χ0) is 13.0. The fourth-order valence-corrected chi connectivity index (χ4v) is 1.55. The van der Waals surface area contributed by atoms with E-state index in [0.29, 0.717) is 6.61 Å². The molecule has 0 aliphatic carbocycles. The van der Waals surface area contributed by atoms with Crippen LogP contribution in [0.4, 0.5) is 0 Å². The fourth-order valence-electron chi connectivity index (χ4n) is 1.55. The zero-order valence-corrected chi connectivity index (χ0v) is 11.8. The second-order valence-electron chi connectivity index (χ2n) is 6.34. The summed E-state index contributed by atoms with van der Waals surface area (Å²) in [5.41, 5.74) is -0.365. The van der Waals surface area contributed by atoms with Crippen molar-refractivity contribution in [1.82, 2.24) is 5.32 Å². The van der Waals surface area contributed by atoms with Crippen LogP contribution in [0, 0.1) is 5.41 Å². The first-order valence-corrected chi connectivity index (χ1v) is 5.89. The molecular weight excluding hydrogens is 202 g/mol. The van der Waals surface area contributed by atoms with Crippen LogP contribution in [0.1, 0.15) is 48.0 Å². The summed E-state index contributed by atoms with van der Waals surface area (Å²) in [6.07, 6.45) is 0.726. The van der Waals surface area contributed by atoms with Gasteiger partial charge >= 0.3 is 0 Å². The molecule has 0 aromatic rings.